The Labute approximate surface area is 210 Å². The average molecular weight is 518 g/mol. The predicted octanol–water partition coefficient (Wildman–Crippen LogP) is 2.42. The van der Waals surface area contributed by atoms with Crippen LogP contribution >= 0.6 is 23.2 Å². The molecule has 2 N–H and O–H groups in total. The number of hydrogen-bond donors (Lipinski definition) is 2. The molecule has 0 spiro atoms. The molecular weight excluding hydrogens is 497 g/mol. The second-order valence-corrected chi connectivity index (χ2v) is 9.34. The van der Waals surface area contributed by atoms with Gasteiger partial charge in [0.15, 0.2) is 6.61 Å². The first-order valence-corrected chi connectivity index (χ1v) is 11.7. The first kappa shape index (κ1) is 24.7. The van der Waals surface area contributed by atoms with Crippen molar-refractivity contribution in [2.45, 2.75) is 23.6 Å². The largest absolute Gasteiger partial charge is 0.452 e. The van der Waals surface area contributed by atoms with E-state index in [1.165, 1.54) is 24.3 Å². The molecule has 182 valence electrons. The van der Waals surface area contributed by atoms with Crippen molar-refractivity contribution < 1.29 is 28.7 Å². The third-order valence-corrected chi connectivity index (χ3v) is 7.05. The number of hydrogen-bond acceptors (Lipinski definition) is 6. The number of halogens is 2. The normalized spacial score (nSPS) is 23.4. The van der Waals surface area contributed by atoms with Crippen molar-refractivity contribution in [1.82, 2.24) is 10.9 Å². The minimum absolute atomic E-state index is 0.119. The molecule has 0 radical (unpaired) electrons. The van der Waals surface area contributed by atoms with E-state index in [1.54, 1.807) is 30.3 Å². The summed E-state index contributed by atoms with van der Waals surface area (Å²) in [6.07, 6.45) is 0.666. The van der Waals surface area contributed by atoms with E-state index >= 15 is 0 Å². The number of benzene rings is 2. The van der Waals surface area contributed by atoms with Gasteiger partial charge >= 0.3 is 5.97 Å². The quantitative estimate of drug-likeness (QED) is 0.272. The highest BCUT2D eigenvalue weighted by Gasteiger charge is 2.52. The van der Waals surface area contributed by atoms with Gasteiger partial charge in [-0.25, -0.2) is 4.79 Å². The fourth-order valence-electron chi connectivity index (χ4n) is 4.13. The average Bonchev–Trinajstić information content (AvgIpc) is 3.10. The van der Waals surface area contributed by atoms with Crippen molar-refractivity contribution in [2.75, 3.05) is 11.5 Å². The summed E-state index contributed by atoms with van der Waals surface area (Å²) in [5.41, 5.74) is 5.17. The van der Waals surface area contributed by atoms with Crippen molar-refractivity contribution >= 4 is 58.5 Å². The van der Waals surface area contributed by atoms with E-state index in [2.05, 4.69) is 10.9 Å². The van der Waals surface area contributed by atoms with Gasteiger partial charge in [-0.2, -0.15) is 0 Å². The molecule has 1 saturated carbocycles. The maximum atomic E-state index is 12.8. The molecule has 2 fully saturated rings. The summed E-state index contributed by atoms with van der Waals surface area (Å²) in [6.45, 7) is -0.624. The van der Waals surface area contributed by atoms with Crippen LogP contribution in [-0.4, -0.2) is 47.0 Å². The van der Waals surface area contributed by atoms with E-state index in [0.717, 1.165) is 4.90 Å². The number of imide groups is 1. The van der Waals surface area contributed by atoms with Gasteiger partial charge < -0.3 is 4.74 Å². The highest BCUT2D eigenvalue weighted by Crippen LogP contribution is 2.43. The van der Waals surface area contributed by atoms with E-state index in [9.17, 15) is 24.0 Å². The molecule has 1 saturated heterocycles. The third-order valence-electron chi connectivity index (χ3n) is 5.96. The summed E-state index contributed by atoms with van der Waals surface area (Å²) in [5, 5.41) is -0.758. The number of nitrogens with zero attached hydrogens (tertiary/aromatic N) is 1. The minimum Gasteiger partial charge on any atom is -0.452 e. The van der Waals surface area contributed by atoms with Crippen LogP contribution in [0.3, 0.4) is 0 Å². The number of fused-ring (bicyclic) bond motifs is 1. The van der Waals surface area contributed by atoms with Gasteiger partial charge in [0.05, 0.1) is 33.8 Å². The van der Waals surface area contributed by atoms with Crippen molar-refractivity contribution in [2.24, 2.45) is 11.8 Å². The number of rotatable bonds is 5. The van der Waals surface area contributed by atoms with Crippen LogP contribution < -0.4 is 15.8 Å². The molecule has 4 atom stereocenters. The smallest absolute Gasteiger partial charge is 0.338 e. The number of carbonyl (C=O) groups excluding carboxylic acids is 5. The van der Waals surface area contributed by atoms with E-state index < -0.39 is 36.2 Å². The predicted molar refractivity (Wildman–Crippen MR) is 127 cm³/mol. The summed E-state index contributed by atoms with van der Waals surface area (Å²) in [4.78, 5) is 62.8. The number of ether oxygens (including phenoxy) is 1. The highest BCUT2D eigenvalue weighted by molar-refractivity contribution is 6.31. The SMILES string of the molecule is O=C(COC(=O)c1ccc(N2C(=O)[C@H]3C[C@H](Cl)[C@@H](Cl)C[C@H]3C2=O)cc1)NNC(=O)c1ccccc1. The number of alkyl halides is 2. The molecule has 0 bridgehead atoms. The number of amides is 4. The lowest BCUT2D eigenvalue weighted by Gasteiger charge is -2.28. The second-order valence-electron chi connectivity index (χ2n) is 8.22. The molecule has 1 heterocycles. The molecule has 1 aliphatic heterocycles. The van der Waals surface area contributed by atoms with Crippen molar-refractivity contribution in [3.05, 3.63) is 65.7 Å². The Morgan fingerprint density at radius 2 is 1.40 bits per heavy atom. The van der Waals surface area contributed by atoms with Crippen LogP contribution in [0.25, 0.3) is 0 Å². The first-order valence-electron chi connectivity index (χ1n) is 10.8. The zero-order valence-electron chi connectivity index (χ0n) is 18.3. The lowest BCUT2D eigenvalue weighted by molar-refractivity contribution is -0.125. The monoisotopic (exact) mass is 517 g/mol. The highest BCUT2D eigenvalue weighted by atomic mass is 35.5. The molecule has 4 rings (SSSR count). The number of esters is 1. The number of nitrogens with one attached hydrogen (secondary N) is 2. The summed E-state index contributed by atoms with van der Waals surface area (Å²) in [6, 6.07) is 14.0. The van der Waals surface area contributed by atoms with Gasteiger partial charge in [0.25, 0.3) is 11.8 Å². The van der Waals surface area contributed by atoms with E-state index in [0.29, 0.717) is 24.1 Å². The maximum absolute atomic E-state index is 12.8. The van der Waals surface area contributed by atoms with Crippen LogP contribution in [0.1, 0.15) is 33.6 Å². The summed E-state index contributed by atoms with van der Waals surface area (Å²) in [5.74, 6) is -3.72. The Hall–Kier alpha value is -3.43. The van der Waals surface area contributed by atoms with Gasteiger partial charge in [-0.3, -0.25) is 34.9 Å². The number of hydrazine groups is 1. The van der Waals surface area contributed by atoms with E-state index in [1.807, 2.05) is 0 Å². The van der Waals surface area contributed by atoms with Gasteiger partial charge in [-0.1, -0.05) is 18.2 Å². The second kappa shape index (κ2) is 10.5. The molecule has 0 aromatic heterocycles. The Bertz CT molecular complexity index is 1130. The summed E-state index contributed by atoms with van der Waals surface area (Å²) in [7, 11) is 0. The van der Waals surface area contributed by atoms with Gasteiger partial charge in [-0.15, -0.1) is 23.2 Å². The first-order chi connectivity index (χ1) is 16.8. The zero-order chi connectivity index (χ0) is 25.1. The maximum Gasteiger partial charge on any atom is 0.338 e. The molecule has 0 unspecified atom stereocenters. The molecule has 2 aromatic rings. The molecule has 2 aromatic carbocycles. The fraction of sp³-hybridized carbons (Fsp3) is 0.292. The van der Waals surface area contributed by atoms with Gasteiger partial charge in [0.1, 0.15) is 0 Å². The Morgan fingerprint density at radius 3 is 1.97 bits per heavy atom. The van der Waals surface area contributed by atoms with E-state index in [-0.39, 0.29) is 28.1 Å². The van der Waals surface area contributed by atoms with Gasteiger partial charge in [0, 0.05) is 5.56 Å². The minimum atomic E-state index is -0.788. The molecule has 4 amide bonds. The van der Waals surface area contributed by atoms with Crippen LogP contribution in [0.4, 0.5) is 5.69 Å². The van der Waals surface area contributed by atoms with E-state index in [4.69, 9.17) is 27.9 Å². The molecule has 2 aliphatic rings. The summed E-state index contributed by atoms with van der Waals surface area (Å²) < 4.78 is 4.96. The lowest BCUT2D eigenvalue weighted by atomic mass is 9.80. The molecular formula is C24H21Cl2N3O6. The lowest BCUT2D eigenvalue weighted by Crippen LogP contribution is -2.43. The molecule has 9 nitrogen and oxygen atoms in total. The molecule has 35 heavy (non-hydrogen) atoms. The van der Waals surface area contributed by atoms with Gasteiger partial charge in [0.2, 0.25) is 11.8 Å². The zero-order valence-corrected chi connectivity index (χ0v) is 19.8. The Kier molecular flexibility index (Phi) is 7.37. The number of carbonyl (C=O) groups is 5. The molecule has 1 aliphatic carbocycles. The fourth-order valence-corrected chi connectivity index (χ4v) is 4.72. The topological polar surface area (TPSA) is 122 Å². The Balaban J connectivity index is 1.30. The van der Waals surface area contributed by atoms with Crippen LogP contribution in [-0.2, 0) is 19.1 Å². The third kappa shape index (κ3) is 5.31. The Morgan fingerprint density at radius 1 is 0.829 bits per heavy atom. The standard InChI is InChI=1S/C24H21Cl2N3O6/c25-18-10-16-17(11-19(18)26)23(33)29(22(16)32)15-8-6-14(7-9-15)24(34)35-12-20(30)27-28-21(31)13-4-2-1-3-5-13/h1-9,16-19H,10-12H2,(H,27,30)(H,28,31)/t16-,17+,18-,19-/m0/s1. The van der Waals surface area contributed by atoms with Crippen LogP contribution in [0.5, 0.6) is 0 Å². The van der Waals surface area contributed by atoms with Crippen molar-refractivity contribution in [1.29, 1.82) is 0 Å². The van der Waals surface area contributed by atoms with Crippen LogP contribution in [0.15, 0.2) is 54.6 Å². The number of anilines is 1. The van der Waals surface area contributed by atoms with Crippen molar-refractivity contribution in [3.63, 3.8) is 0 Å². The van der Waals surface area contributed by atoms with Crippen LogP contribution in [0, 0.1) is 11.8 Å². The van der Waals surface area contributed by atoms with Crippen molar-refractivity contribution in [3.8, 4) is 0 Å². The summed E-state index contributed by atoms with van der Waals surface area (Å²) >= 11 is 12.4. The van der Waals surface area contributed by atoms with Crippen LogP contribution in [0.2, 0.25) is 0 Å². The molecule has 11 heteroatoms. The van der Waals surface area contributed by atoms with Gasteiger partial charge in [-0.05, 0) is 49.2 Å².